The summed E-state index contributed by atoms with van der Waals surface area (Å²) >= 11 is 1.62. The fraction of sp³-hybridized carbons (Fsp3) is 0.459. The molecule has 0 aromatic heterocycles. The van der Waals surface area contributed by atoms with Gasteiger partial charge in [-0.2, -0.15) is 0 Å². The minimum atomic E-state index is -0.946. The number of amides is 2. The highest BCUT2D eigenvalue weighted by Crippen LogP contribution is 2.55. The van der Waals surface area contributed by atoms with Crippen LogP contribution in [0.15, 0.2) is 77.7 Å². The lowest BCUT2D eigenvalue weighted by Crippen LogP contribution is -2.60. The Morgan fingerprint density at radius 2 is 1.57 bits per heavy atom. The second-order valence-electron chi connectivity index (χ2n) is 13.9. The van der Waals surface area contributed by atoms with E-state index in [4.69, 9.17) is 9.47 Å². The van der Waals surface area contributed by atoms with Crippen molar-refractivity contribution in [3.63, 3.8) is 0 Å². The minimum Gasteiger partial charge on any atom is -0.478 e. The molecule has 3 aromatic carbocycles. The second-order valence-corrected chi connectivity index (χ2v) is 15.0. The fourth-order valence-corrected chi connectivity index (χ4v) is 9.68. The maximum atomic E-state index is 13.3. The number of thioether (sulfide) groups is 1. The van der Waals surface area contributed by atoms with Crippen molar-refractivity contribution in [3.05, 3.63) is 95.1 Å². The first-order chi connectivity index (χ1) is 22.3. The number of hydrogen-bond donors (Lipinski definition) is 4. The van der Waals surface area contributed by atoms with Gasteiger partial charge >= 0.3 is 12.0 Å². The van der Waals surface area contributed by atoms with E-state index in [9.17, 15) is 19.8 Å². The summed E-state index contributed by atoms with van der Waals surface area (Å²) in [7, 11) is 0. The standard InChI is InChI=1S/C37H42N2O6S/c1-22-32(21-46-31-11-9-28(10-12-31)34(41)42)44-35(45-33(22)27-7-5-23(20-40)6-8-27)29-3-2-4-30(16-29)38-36(43)39-37-17-24-13-25(18-37)15-26(14-24)19-37/h2-12,16,22,24-26,32-33,35,40H,13-15,17-21H2,1H3,(H,41,42)(H2,38,39,43)/t22-,24?,25?,26?,32+,33+,35+,37?/m1/s1. The summed E-state index contributed by atoms with van der Waals surface area (Å²) < 4.78 is 13.2. The predicted molar refractivity (Wildman–Crippen MR) is 177 cm³/mol. The Balaban J connectivity index is 1.07. The lowest BCUT2D eigenvalue weighted by atomic mass is 9.53. The van der Waals surface area contributed by atoms with Crippen LogP contribution in [0.5, 0.6) is 0 Å². The van der Waals surface area contributed by atoms with E-state index in [1.165, 1.54) is 19.3 Å². The van der Waals surface area contributed by atoms with Crippen LogP contribution in [0.3, 0.4) is 0 Å². The van der Waals surface area contributed by atoms with Gasteiger partial charge in [0.15, 0.2) is 6.29 Å². The number of aromatic carboxylic acids is 1. The first-order valence-electron chi connectivity index (χ1n) is 16.4. The molecule has 4 atom stereocenters. The van der Waals surface area contributed by atoms with Crippen LogP contribution in [-0.4, -0.2) is 39.6 Å². The summed E-state index contributed by atoms with van der Waals surface area (Å²) in [6.07, 6.45) is 6.17. The molecule has 2 amide bonds. The Morgan fingerprint density at radius 1 is 0.891 bits per heavy atom. The minimum absolute atomic E-state index is 0.00869. The van der Waals surface area contributed by atoms with Crippen LogP contribution in [0.25, 0.3) is 0 Å². The molecule has 8 rings (SSSR count). The van der Waals surface area contributed by atoms with E-state index in [-0.39, 0.29) is 41.9 Å². The van der Waals surface area contributed by atoms with Crippen molar-refractivity contribution in [2.45, 2.75) is 81.0 Å². The van der Waals surface area contributed by atoms with Crippen molar-refractivity contribution in [1.82, 2.24) is 5.32 Å². The van der Waals surface area contributed by atoms with Crippen LogP contribution in [-0.2, 0) is 16.1 Å². The third-order valence-electron chi connectivity index (χ3n) is 10.5. The highest BCUT2D eigenvalue weighted by molar-refractivity contribution is 7.99. The van der Waals surface area contributed by atoms with E-state index in [1.54, 1.807) is 23.9 Å². The normalized spacial score (nSPS) is 31.4. The molecule has 0 unspecified atom stereocenters. The first kappa shape index (κ1) is 31.2. The Hall–Kier alpha value is -3.37. The van der Waals surface area contributed by atoms with Crippen LogP contribution in [0.4, 0.5) is 10.5 Å². The van der Waals surface area contributed by atoms with Gasteiger partial charge in [-0.15, -0.1) is 11.8 Å². The molecule has 4 bridgehead atoms. The van der Waals surface area contributed by atoms with Crippen molar-refractivity contribution in [2.24, 2.45) is 23.7 Å². The predicted octanol–water partition coefficient (Wildman–Crippen LogP) is 7.55. The molecule has 4 aliphatic carbocycles. The number of aliphatic hydroxyl groups excluding tert-OH is 1. The zero-order valence-corrected chi connectivity index (χ0v) is 26.9. The van der Waals surface area contributed by atoms with Crippen molar-refractivity contribution < 1.29 is 29.3 Å². The zero-order chi connectivity index (χ0) is 31.8. The number of aliphatic hydroxyl groups is 1. The number of hydrogen-bond acceptors (Lipinski definition) is 6. The highest BCUT2D eigenvalue weighted by atomic mass is 32.2. The maximum absolute atomic E-state index is 13.3. The third kappa shape index (κ3) is 6.69. The van der Waals surface area contributed by atoms with E-state index >= 15 is 0 Å². The van der Waals surface area contributed by atoms with Gasteiger partial charge in [-0.25, -0.2) is 9.59 Å². The topological polar surface area (TPSA) is 117 Å². The summed E-state index contributed by atoms with van der Waals surface area (Å²) in [5, 5.41) is 25.3. The molecule has 9 heteroatoms. The molecule has 0 radical (unpaired) electrons. The van der Waals surface area contributed by atoms with Crippen molar-refractivity contribution in [3.8, 4) is 0 Å². The molecule has 46 heavy (non-hydrogen) atoms. The lowest BCUT2D eigenvalue weighted by Gasteiger charge is -2.56. The van der Waals surface area contributed by atoms with Crippen LogP contribution >= 0.6 is 11.8 Å². The quantitative estimate of drug-likeness (QED) is 0.178. The van der Waals surface area contributed by atoms with Crippen molar-refractivity contribution in [1.29, 1.82) is 0 Å². The SMILES string of the molecule is C[C@@H]1[C@H](CSc2ccc(C(=O)O)cc2)O[C@H](c2cccc(NC(=O)NC34CC5CC(CC(C5)C3)C4)c2)O[C@@H]1c1ccc(CO)cc1. The van der Waals surface area contributed by atoms with E-state index in [0.29, 0.717) is 11.4 Å². The van der Waals surface area contributed by atoms with Gasteiger partial charge in [0.25, 0.3) is 0 Å². The third-order valence-corrected chi connectivity index (χ3v) is 11.6. The van der Waals surface area contributed by atoms with Crippen LogP contribution in [0, 0.1) is 23.7 Å². The summed E-state index contributed by atoms with van der Waals surface area (Å²) in [5.41, 5.74) is 3.54. The smallest absolute Gasteiger partial charge is 0.335 e. The molecule has 1 aliphatic heterocycles. The van der Waals surface area contributed by atoms with Crippen molar-refractivity contribution in [2.75, 3.05) is 11.1 Å². The zero-order valence-electron chi connectivity index (χ0n) is 26.1. The summed E-state index contributed by atoms with van der Waals surface area (Å²) in [6.45, 7) is 2.09. The molecular formula is C37H42N2O6S. The summed E-state index contributed by atoms with van der Waals surface area (Å²) in [6, 6.07) is 22.3. The monoisotopic (exact) mass is 642 g/mol. The number of benzene rings is 3. The van der Waals surface area contributed by atoms with Crippen LogP contribution in [0.2, 0.25) is 0 Å². The molecule has 242 valence electrons. The van der Waals surface area contributed by atoms with Crippen LogP contribution < -0.4 is 10.6 Å². The molecule has 1 saturated heterocycles. The average molecular weight is 643 g/mol. The van der Waals surface area contributed by atoms with E-state index < -0.39 is 12.3 Å². The number of urea groups is 1. The number of carboxylic acid groups (broad SMARTS) is 1. The Labute approximate surface area is 274 Å². The Bertz CT molecular complexity index is 1530. The van der Waals surface area contributed by atoms with Gasteiger partial charge in [0.2, 0.25) is 0 Å². The Kier molecular flexibility index (Phi) is 8.85. The molecule has 0 spiro atoms. The van der Waals surface area contributed by atoms with Gasteiger partial charge < -0.3 is 30.3 Å². The fourth-order valence-electron chi connectivity index (χ4n) is 8.61. The van der Waals surface area contributed by atoms with Gasteiger partial charge in [0.05, 0.1) is 24.4 Å². The number of carboxylic acids is 1. The number of rotatable bonds is 9. The average Bonchev–Trinajstić information content (AvgIpc) is 3.03. The Morgan fingerprint density at radius 3 is 2.20 bits per heavy atom. The molecule has 4 saturated carbocycles. The highest BCUT2D eigenvalue weighted by Gasteiger charge is 2.51. The number of anilines is 1. The number of carbonyl (C=O) groups is 2. The molecule has 3 aromatic rings. The molecule has 5 fully saturated rings. The van der Waals surface area contributed by atoms with Gasteiger partial charge in [-0.3, -0.25) is 0 Å². The molecule has 5 aliphatic rings. The first-order valence-corrected chi connectivity index (χ1v) is 17.4. The summed E-state index contributed by atoms with van der Waals surface area (Å²) in [5.74, 6) is 1.96. The second kappa shape index (κ2) is 13.0. The van der Waals surface area contributed by atoms with Crippen LogP contribution in [0.1, 0.15) is 84.9 Å². The largest absolute Gasteiger partial charge is 0.478 e. The number of nitrogens with one attached hydrogen (secondary N) is 2. The molecule has 1 heterocycles. The van der Waals surface area contributed by atoms with E-state index in [1.807, 2.05) is 60.7 Å². The number of ether oxygens (including phenoxy) is 2. The van der Waals surface area contributed by atoms with Gasteiger partial charge in [-0.05, 0) is 104 Å². The molecule has 4 N–H and O–H groups in total. The summed E-state index contributed by atoms with van der Waals surface area (Å²) in [4.78, 5) is 25.6. The van der Waals surface area contributed by atoms with E-state index in [2.05, 4.69) is 17.6 Å². The van der Waals surface area contributed by atoms with Gasteiger partial charge in [0.1, 0.15) is 0 Å². The molecule has 8 nitrogen and oxygen atoms in total. The van der Waals surface area contributed by atoms with Gasteiger partial charge in [0, 0.05) is 33.4 Å². The van der Waals surface area contributed by atoms with E-state index in [0.717, 1.165) is 58.6 Å². The van der Waals surface area contributed by atoms with Gasteiger partial charge in [-0.1, -0.05) is 43.3 Å². The lowest BCUT2D eigenvalue weighted by molar-refractivity contribution is -0.268. The van der Waals surface area contributed by atoms with Crippen molar-refractivity contribution >= 4 is 29.4 Å². The maximum Gasteiger partial charge on any atom is 0.335 e. The number of carbonyl (C=O) groups excluding carboxylic acids is 1. The molecular weight excluding hydrogens is 600 g/mol.